The quantitative estimate of drug-likeness (QED) is 0.231. The van der Waals surface area contributed by atoms with Gasteiger partial charge in [0.25, 0.3) is 5.91 Å². The number of benzene rings is 3. The van der Waals surface area contributed by atoms with Crippen LogP contribution in [0.5, 0.6) is 0 Å². The number of fused-ring (bicyclic) bond motifs is 2. The van der Waals surface area contributed by atoms with Crippen molar-refractivity contribution in [3.63, 3.8) is 0 Å². The summed E-state index contributed by atoms with van der Waals surface area (Å²) in [5, 5.41) is 12.2. The molecule has 0 aliphatic heterocycles. The molecule has 0 unspecified atom stereocenters. The standard InChI is InChI=1S/C33H21FN8OS/c34-21-15-24(29-27(16-21)44-28(17-35)41-29)33(43)38-18-19-8-10-22(11-9-19)42-31(23-7-4-14-37-30(23)36)40-26-13-12-25(39-32(26)42)20-5-2-1-3-6-20/h1-16H,18H2,(H2,36,37)(H,38,43). The Hall–Kier alpha value is -5.99. The number of halogens is 1. The molecule has 3 aromatic carbocycles. The van der Waals surface area contributed by atoms with Crippen molar-refractivity contribution in [1.29, 1.82) is 5.26 Å². The molecule has 0 aliphatic carbocycles. The molecule has 0 fully saturated rings. The molecule has 0 saturated carbocycles. The Morgan fingerprint density at radius 3 is 2.57 bits per heavy atom. The van der Waals surface area contributed by atoms with Gasteiger partial charge < -0.3 is 11.1 Å². The van der Waals surface area contributed by atoms with Crippen molar-refractivity contribution in [3.8, 4) is 34.4 Å². The van der Waals surface area contributed by atoms with Gasteiger partial charge in [-0.2, -0.15) is 5.26 Å². The highest BCUT2D eigenvalue weighted by Gasteiger charge is 2.19. The Bertz CT molecular complexity index is 2240. The topological polar surface area (TPSA) is 135 Å². The lowest BCUT2D eigenvalue weighted by Gasteiger charge is -2.12. The molecule has 212 valence electrons. The first-order chi connectivity index (χ1) is 21.5. The lowest BCUT2D eigenvalue weighted by atomic mass is 10.1. The predicted octanol–water partition coefficient (Wildman–Crippen LogP) is 6.28. The van der Waals surface area contributed by atoms with Crippen LogP contribution in [-0.4, -0.2) is 30.4 Å². The van der Waals surface area contributed by atoms with Crippen molar-refractivity contribution in [2.45, 2.75) is 6.54 Å². The Kier molecular flexibility index (Phi) is 6.73. The van der Waals surface area contributed by atoms with Gasteiger partial charge >= 0.3 is 0 Å². The molecular formula is C33H21FN8OS. The lowest BCUT2D eigenvalue weighted by Crippen LogP contribution is -2.23. The normalized spacial score (nSPS) is 11.1. The number of pyridine rings is 2. The first-order valence-electron chi connectivity index (χ1n) is 13.5. The van der Waals surface area contributed by atoms with Crippen LogP contribution in [0.2, 0.25) is 0 Å². The van der Waals surface area contributed by atoms with Crippen molar-refractivity contribution in [1.82, 2.24) is 29.8 Å². The number of rotatable bonds is 6. The number of thiazole rings is 1. The Balaban J connectivity index is 1.23. The molecule has 0 bridgehead atoms. The molecule has 9 nitrogen and oxygen atoms in total. The van der Waals surface area contributed by atoms with E-state index >= 15 is 0 Å². The summed E-state index contributed by atoms with van der Waals surface area (Å²) in [6.07, 6.45) is 1.63. The zero-order valence-corrected chi connectivity index (χ0v) is 23.7. The number of anilines is 1. The van der Waals surface area contributed by atoms with Crippen molar-refractivity contribution < 1.29 is 9.18 Å². The van der Waals surface area contributed by atoms with Crippen LogP contribution in [0.25, 0.3) is 49.7 Å². The average Bonchev–Trinajstić information content (AvgIpc) is 3.65. The lowest BCUT2D eigenvalue weighted by molar-refractivity contribution is 0.0952. The van der Waals surface area contributed by atoms with Gasteiger partial charge in [-0.1, -0.05) is 42.5 Å². The van der Waals surface area contributed by atoms with Gasteiger partial charge in [-0.05, 0) is 54.1 Å². The van der Waals surface area contributed by atoms with Gasteiger partial charge in [0.05, 0.1) is 27.0 Å². The van der Waals surface area contributed by atoms with Gasteiger partial charge in [0.1, 0.15) is 23.2 Å². The molecule has 4 aromatic heterocycles. The summed E-state index contributed by atoms with van der Waals surface area (Å²) in [6, 6.07) is 29.4. The molecule has 4 heterocycles. The number of imidazole rings is 1. The summed E-state index contributed by atoms with van der Waals surface area (Å²) in [4.78, 5) is 31.3. The Morgan fingerprint density at radius 1 is 0.977 bits per heavy atom. The van der Waals surface area contributed by atoms with Crippen LogP contribution in [0.1, 0.15) is 20.9 Å². The predicted molar refractivity (Wildman–Crippen MR) is 167 cm³/mol. The number of nitriles is 1. The number of nitrogen functional groups attached to an aromatic ring is 1. The molecule has 0 saturated heterocycles. The molecule has 3 N–H and O–H groups in total. The van der Waals surface area contributed by atoms with E-state index in [9.17, 15) is 14.4 Å². The maximum Gasteiger partial charge on any atom is 0.253 e. The maximum absolute atomic E-state index is 14.2. The Labute approximate surface area is 254 Å². The highest BCUT2D eigenvalue weighted by molar-refractivity contribution is 7.19. The van der Waals surface area contributed by atoms with Gasteiger partial charge in [0, 0.05) is 24.0 Å². The fraction of sp³-hybridized carbons (Fsp3) is 0.0303. The zero-order chi connectivity index (χ0) is 30.2. The molecule has 0 spiro atoms. The maximum atomic E-state index is 14.2. The van der Waals surface area contributed by atoms with E-state index < -0.39 is 11.7 Å². The largest absolute Gasteiger partial charge is 0.383 e. The average molecular weight is 597 g/mol. The molecule has 0 radical (unpaired) electrons. The third kappa shape index (κ3) is 4.89. The summed E-state index contributed by atoms with van der Waals surface area (Å²) in [7, 11) is 0. The van der Waals surface area contributed by atoms with Crippen LogP contribution < -0.4 is 11.1 Å². The second-order valence-electron chi connectivity index (χ2n) is 9.89. The van der Waals surface area contributed by atoms with Crippen molar-refractivity contribution >= 4 is 44.4 Å². The SMILES string of the molecule is N#Cc1nc2c(C(=O)NCc3ccc(-n4c(-c5cccnc5N)nc5ccc(-c6ccccc6)nc54)cc3)cc(F)cc2s1. The van der Waals surface area contributed by atoms with Gasteiger partial charge in [-0.15, -0.1) is 11.3 Å². The van der Waals surface area contributed by atoms with E-state index in [4.69, 9.17) is 15.7 Å². The van der Waals surface area contributed by atoms with Gasteiger partial charge in [-0.3, -0.25) is 9.36 Å². The number of carbonyl (C=O) groups excluding carboxylic acids is 1. The molecule has 7 rings (SSSR count). The number of nitrogens with zero attached hydrogens (tertiary/aromatic N) is 6. The van der Waals surface area contributed by atoms with Crippen molar-refractivity contribution in [2.75, 3.05) is 5.73 Å². The number of hydrogen-bond donors (Lipinski definition) is 2. The van der Waals surface area contributed by atoms with Crippen LogP contribution >= 0.6 is 11.3 Å². The van der Waals surface area contributed by atoms with E-state index in [2.05, 4.69) is 15.3 Å². The number of hydrogen-bond acceptors (Lipinski definition) is 8. The fourth-order valence-corrected chi connectivity index (χ4v) is 5.83. The van der Waals surface area contributed by atoms with Crippen molar-refractivity contribution in [3.05, 3.63) is 119 Å². The summed E-state index contributed by atoms with van der Waals surface area (Å²) >= 11 is 1.04. The molecular weight excluding hydrogens is 575 g/mol. The van der Waals surface area contributed by atoms with Gasteiger partial charge in [0.2, 0.25) is 0 Å². The van der Waals surface area contributed by atoms with Crippen LogP contribution in [0.15, 0.2) is 97.2 Å². The van der Waals surface area contributed by atoms with E-state index in [1.807, 2.05) is 89.5 Å². The number of carbonyl (C=O) groups is 1. The van der Waals surface area contributed by atoms with Crippen LogP contribution in [0.3, 0.4) is 0 Å². The van der Waals surface area contributed by atoms with Crippen molar-refractivity contribution in [2.24, 2.45) is 0 Å². The summed E-state index contributed by atoms with van der Waals surface area (Å²) in [5.74, 6) is -0.109. The third-order valence-electron chi connectivity index (χ3n) is 7.10. The minimum Gasteiger partial charge on any atom is -0.383 e. The summed E-state index contributed by atoms with van der Waals surface area (Å²) in [6.45, 7) is 0.190. The van der Waals surface area contributed by atoms with Crippen LogP contribution in [-0.2, 0) is 6.54 Å². The first-order valence-corrected chi connectivity index (χ1v) is 14.3. The minimum atomic E-state index is -0.568. The number of amides is 1. The van der Waals surface area contributed by atoms with Crippen LogP contribution in [0.4, 0.5) is 10.2 Å². The van der Waals surface area contributed by atoms with E-state index in [1.165, 1.54) is 6.07 Å². The minimum absolute atomic E-state index is 0.0817. The molecule has 0 atom stereocenters. The number of nitrogens with two attached hydrogens (primary N) is 1. The molecule has 11 heteroatoms. The van der Waals surface area contributed by atoms with E-state index in [-0.39, 0.29) is 17.1 Å². The molecule has 0 aliphatic rings. The second-order valence-corrected chi connectivity index (χ2v) is 10.9. The number of nitrogens with one attached hydrogen (secondary N) is 1. The highest BCUT2D eigenvalue weighted by Crippen LogP contribution is 2.32. The van der Waals surface area contributed by atoms with E-state index in [0.29, 0.717) is 38.6 Å². The highest BCUT2D eigenvalue weighted by atomic mass is 32.1. The molecule has 7 aromatic rings. The van der Waals surface area contributed by atoms with Gasteiger partial charge in [0.15, 0.2) is 16.5 Å². The Morgan fingerprint density at radius 2 is 1.80 bits per heavy atom. The summed E-state index contributed by atoms with van der Waals surface area (Å²) < 4.78 is 16.6. The zero-order valence-electron chi connectivity index (χ0n) is 22.9. The summed E-state index contributed by atoms with van der Waals surface area (Å²) in [5.41, 5.74) is 12.1. The third-order valence-corrected chi connectivity index (χ3v) is 8.01. The van der Waals surface area contributed by atoms with Gasteiger partial charge in [-0.25, -0.2) is 24.3 Å². The fourth-order valence-electron chi connectivity index (χ4n) is 5.02. The van der Waals surface area contributed by atoms with E-state index in [1.54, 1.807) is 6.20 Å². The second kappa shape index (κ2) is 11.0. The molecule has 44 heavy (non-hydrogen) atoms. The number of aromatic nitrogens is 5. The van der Waals surface area contributed by atoms with Crippen LogP contribution in [0, 0.1) is 17.1 Å². The first kappa shape index (κ1) is 26.9. The molecule has 1 amide bonds. The van der Waals surface area contributed by atoms with E-state index in [0.717, 1.165) is 39.9 Å². The monoisotopic (exact) mass is 596 g/mol. The smallest absolute Gasteiger partial charge is 0.253 e.